The zero-order chi connectivity index (χ0) is 16.4. The summed E-state index contributed by atoms with van der Waals surface area (Å²) in [7, 11) is 0. The topological polar surface area (TPSA) is 47.8 Å². The Morgan fingerprint density at radius 1 is 1.26 bits per heavy atom. The second kappa shape index (κ2) is 6.54. The number of aldehydes is 1. The van der Waals surface area contributed by atoms with Crippen LogP contribution in [-0.2, 0) is 4.74 Å². The minimum Gasteiger partial charge on any atom is -0.462 e. The molecule has 5 heteroatoms. The first-order valence-electron chi connectivity index (χ1n) is 7.18. The maximum atomic E-state index is 12.5. The molecule has 0 aliphatic rings. The smallest absolute Gasteiger partial charge is 0.340 e. The number of ether oxygens (including phenoxy) is 1. The van der Waals surface area contributed by atoms with Gasteiger partial charge < -0.3 is 9.14 Å². The lowest BCUT2D eigenvalue weighted by atomic mass is 10.0. The van der Waals surface area contributed by atoms with Gasteiger partial charge in [-0.15, -0.1) is 0 Å². The van der Waals surface area contributed by atoms with Gasteiger partial charge in [-0.2, -0.15) is 0 Å². The molecular formula is C18H14INO3. The molecule has 0 bridgehead atoms. The van der Waals surface area contributed by atoms with Crippen molar-refractivity contribution in [3.8, 4) is 11.1 Å². The highest BCUT2D eigenvalue weighted by Crippen LogP contribution is 2.33. The van der Waals surface area contributed by atoms with E-state index in [9.17, 15) is 9.59 Å². The van der Waals surface area contributed by atoms with Crippen LogP contribution in [0, 0.1) is 3.57 Å². The highest BCUT2D eigenvalue weighted by Gasteiger charge is 2.25. The van der Waals surface area contributed by atoms with Crippen molar-refractivity contribution in [3.05, 3.63) is 63.5 Å². The number of pyridine rings is 1. The van der Waals surface area contributed by atoms with Crippen molar-refractivity contribution in [2.24, 2.45) is 0 Å². The molecule has 116 valence electrons. The van der Waals surface area contributed by atoms with Gasteiger partial charge in [0.2, 0.25) is 0 Å². The van der Waals surface area contributed by atoms with E-state index < -0.39 is 5.97 Å². The van der Waals surface area contributed by atoms with Crippen molar-refractivity contribution in [3.63, 3.8) is 0 Å². The van der Waals surface area contributed by atoms with Crippen LogP contribution in [0.3, 0.4) is 0 Å². The summed E-state index contributed by atoms with van der Waals surface area (Å²) in [4.78, 5) is 24.2. The van der Waals surface area contributed by atoms with E-state index in [4.69, 9.17) is 4.74 Å². The molecule has 2 heterocycles. The van der Waals surface area contributed by atoms with Gasteiger partial charge in [-0.05, 0) is 59.3 Å². The number of esters is 1. The molecule has 2 aromatic heterocycles. The van der Waals surface area contributed by atoms with Crippen molar-refractivity contribution in [2.75, 3.05) is 6.61 Å². The molecule has 23 heavy (non-hydrogen) atoms. The number of rotatable bonds is 4. The monoisotopic (exact) mass is 419 g/mol. The summed E-state index contributed by atoms with van der Waals surface area (Å²) in [6, 6.07) is 13.2. The summed E-state index contributed by atoms with van der Waals surface area (Å²) in [5.41, 5.74) is 2.98. The fourth-order valence-corrected chi connectivity index (χ4v) is 3.24. The zero-order valence-corrected chi connectivity index (χ0v) is 14.6. The molecule has 0 spiro atoms. The highest BCUT2D eigenvalue weighted by molar-refractivity contribution is 14.1. The molecule has 0 aliphatic heterocycles. The average molecular weight is 419 g/mol. The van der Waals surface area contributed by atoms with E-state index in [0.717, 1.165) is 15.4 Å². The predicted octanol–water partition coefficient (Wildman–Crippen LogP) is 4.20. The van der Waals surface area contributed by atoms with Gasteiger partial charge in [-0.25, -0.2) is 4.79 Å². The van der Waals surface area contributed by atoms with Gasteiger partial charge in [0.15, 0.2) is 6.29 Å². The van der Waals surface area contributed by atoms with Gasteiger partial charge in [0.05, 0.1) is 23.4 Å². The molecule has 0 amide bonds. The molecule has 0 fully saturated rings. The Labute approximate surface area is 147 Å². The largest absolute Gasteiger partial charge is 0.462 e. The molecule has 0 saturated heterocycles. The lowest BCUT2D eigenvalue weighted by Gasteiger charge is -2.06. The first-order chi connectivity index (χ1) is 11.2. The van der Waals surface area contributed by atoms with Crippen LogP contribution in [0.4, 0.5) is 0 Å². The molecule has 3 aromatic rings. The van der Waals surface area contributed by atoms with Crippen molar-refractivity contribution in [1.29, 1.82) is 0 Å². The third-order valence-corrected chi connectivity index (χ3v) is 4.26. The summed E-state index contributed by atoms with van der Waals surface area (Å²) in [6.45, 7) is 2.05. The molecule has 0 aliphatic carbocycles. The number of carbonyl (C=O) groups excluding carboxylic acids is 2. The van der Waals surface area contributed by atoms with Gasteiger partial charge in [-0.1, -0.05) is 18.2 Å². The first-order valence-corrected chi connectivity index (χ1v) is 8.26. The van der Waals surface area contributed by atoms with Crippen LogP contribution >= 0.6 is 22.6 Å². The van der Waals surface area contributed by atoms with E-state index in [2.05, 4.69) is 22.6 Å². The first kappa shape index (κ1) is 15.7. The number of fused-ring (bicyclic) bond motifs is 1. The number of hydrogen-bond donors (Lipinski definition) is 0. The van der Waals surface area contributed by atoms with E-state index in [1.54, 1.807) is 17.5 Å². The minimum absolute atomic E-state index is 0.283. The van der Waals surface area contributed by atoms with E-state index in [-0.39, 0.29) is 6.61 Å². The second-order valence-electron chi connectivity index (χ2n) is 4.94. The molecule has 1 aromatic carbocycles. The Bertz CT molecular complexity index is 898. The average Bonchev–Trinajstić information content (AvgIpc) is 2.89. The molecule has 0 atom stereocenters. The molecule has 0 saturated carbocycles. The number of hydrogen-bond acceptors (Lipinski definition) is 3. The SMILES string of the molecule is CCOC(=O)c1c(-c2cccc(I)c2)c(C=O)n2ccccc12. The van der Waals surface area contributed by atoms with Crippen LogP contribution in [0.5, 0.6) is 0 Å². The van der Waals surface area contributed by atoms with Gasteiger partial charge in [0, 0.05) is 15.3 Å². The van der Waals surface area contributed by atoms with Crippen LogP contribution in [0.1, 0.15) is 27.8 Å². The number of nitrogens with zero attached hydrogens (tertiary/aromatic N) is 1. The predicted molar refractivity (Wildman–Crippen MR) is 96.9 cm³/mol. The van der Waals surface area contributed by atoms with Crippen molar-refractivity contribution in [2.45, 2.75) is 6.92 Å². The van der Waals surface area contributed by atoms with Crippen molar-refractivity contribution >= 4 is 40.4 Å². The number of aromatic nitrogens is 1. The van der Waals surface area contributed by atoms with Crippen LogP contribution in [0.15, 0.2) is 48.7 Å². The van der Waals surface area contributed by atoms with E-state index in [1.165, 1.54) is 0 Å². The molecule has 3 rings (SSSR count). The van der Waals surface area contributed by atoms with E-state index in [0.29, 0.717) is 22.3 Å². The Morgan fingerprint density at radius 2 is 2.09 bits per heavy atom. The van der Waals surface area contributed by atoms with Gasteiger partial charge in [-0.3, -0.25) is 4.79 Å². The maximum absolute atomic E-state index is 12.5. The van der Waals surface area contributed by atoms with Crippen LogP contribution in [0.2, 0.25) is 0 Å². The van der Waals surface area contributed by atoms with Crippen LogP contribution in [-0.4, -0.2) is 23.3 Å². The lowest BCUT2D eigenvalue weighted by Crippen LogP contribution is -2.05. The van der Waals surface area contributed by atoms with Gasteiger partial charge in [0.25, 0.3) is 0 Å². The Kier molecular flexibility index (Phi) is 4.47. The molecule has 4 nitrogen and oxygen atoms in total. The van der Waals surface area contributed by atoms with Gasteiger partial charge >= 0.3 is 5.97 Å². The standard InChI is InChI=1S/C18H14INO3/c1-2-23-18(22)17-14-8-3-4-9-20(14)15(11-21)16(17)12-6-5-7-13(19)10-12/h3-11H,2H2,1H3. The zero-order valence-electron chi connectivity index (χ0n) is 12.5. The Hall–Kier alpha value is -2.15. The summed E-state index contributed by atoms with van der Waals surface area (Å²) < 4.78 is 7.98. The third kappa shape index (κ3) is 2.76. The van der Waals surface area contributed by atoms with E-state index >= 15 is 0 Å². The highest BCUT2D eigenvalue weighted by atomic mass is 127. The van der Waals surface area contributed by atoms with Crippen molar-refractivity contribution in [1.82, 2.24) is 4.40 Å². The van der Waals surface area contributed by atoms with E-state index in [1.807, 2.05) is 42.5 Å². The van der Waals surface area contributed by atoms with Crippen molar-refractivity contribution < 1.29 is 14.3 Å². The van der Waals surface area contributed by atoms with Crippen LogP contribution in [0.25, 0.3) is 16.6 Å². The normalized spacial score (nSPS) is 10.7. The van der Waals surface area contributed by atoms with Crippen LogP contribution < -0.4 is 0 Å². The molecular weight excluding hydrogens is 405 g/mol. The molecule has 0 unspecified atom stereocenters. The fraction of sp³-hybridized carbons (Fsp3) is 0.111. The Morgan fingerprint density at radius 3 is 2.78 bits per heavy atom. The maximum Gasteiger partial charge on any atom is 0.340 e. The fourth-order valence-electron chi connectivity index (χ4n) is 2.70. The molecule has 0 N–H and O–H groups in total. The third-order valence-electron chi connectivity index (χ3n) is 3.59. The number of carbonyl (C=O) groups is 2. The number of benzene rings is 1. The summed E-state index contributed by atoms with van der Waals surface area (Å²) in [5.74, 6) is -0.418. The summed E-state index contributed by atoms with van der Waals surface area (Å²) >= 11 is 2.21. The molecule has 0 radical (unpaired) electrons. The Balaban J connectivity index is 2.40. The summed E-state index contributed by atoms with van der Waals surface area (Å²) in [5, 5.41) is 0. The number of halogens is 1. The minimum atomic E-state index is -0.418. The quantitative estimate of drug-likeness (QED) is 0.362. The lowest BCUT2D eigenvalue weighted by molar-refractivity contribution is 0.0529. The second-order valence-corrected chi connectivity index (χ2v) is 6.19. The van der Waals surface area contributed by atoms with Gasteiger partial charge in [0.1, 0.15) is 0 Å². The summed E-state index contributed by atoms with van der Waals surface area (Å²) in [6.07, 6.45) is 2.56.